The first kappa shape index (κ1) is 19.3. The van der Waals surface area contributed by atoms with E-state index >= 15 is 0 Å². The highest BCUT2D eigenvalue weighted by molar-refractivity contribution is 5.94. The second kappa shape index (κ2) is 9.46. The molecule has 2 rings (SSSR count). The van der Waals surface area contributed by atoms with Gasteiger partial charge < -0.3 is 19.9 Å². The van der Waals surface area contributed by atoms with Crippen molar-refractivity contribution < 1.29 is 24.2 Å². The van der Waals surface area contributed by atoms with E-state index in [2.05, 4.69) is 19.2 Å². The van der Waals surface area contributed by atoms with E-state index in [9.17, 15) is 9.59 Å². The predicted molar refractivity (Wildman–Crippen MR) is 98.9 cm³/mol. The number of carbonyl (C=O) groups is 2. The minimum atomic E-state index is -1.05. The molecule has 0 bridgehead atoms. The van der Waals surface area contributed by atoms with E-state index in [-0.39, 0.29) is 18.1 Å². The zero-order valence-electron chi connectivity index (χ0n) is 14.9. The van der Waals surface area contributed by atoms with Gasteiger partial charge in [0.2, 0.25) is 0 Å². The van der Waals surface area contributed by atoms with Crippen molar-refractivity contribution in [2.75, 3.05) is 18.5 Å². The van der Waals surface area contributed by atoms with Crippen molar-refractivity contribution in [1.29, 1.82) is 0 Å². The van der Waals surface area contributed by atoms with Crippen molar-refractivity contribution in [3.8, 4) is 11.5 Å². The average Bonchev–Trinajstić information content (AvgIpc) is 2.60. The van der Waals surface area contributed by atoms with E-state index in [1.807, 2.05) is 6.07 Å². The molecule has 26 heavy (non-hydrogen) atoms. The lowest BCUT2D eigenvalue weighted by atomic mass is 10.1. The highest BCUT2D eigenvalue weighted by Crippen LogP contribution is 2.20. The Bertz CT molecular complexity index is 757. The molecule has 6 nitrogen and oxygen atoms in total. The van der Waals surface area contributed by atoms with Gasteiger partial charge in [-0.2, -0.15) is 0 Å². The standard InChI is InChI=1S/C20H23NO5/c1-14(2)9-10-25-17-7-4-8-18(12-17)26-13-19(22)21-16-6-3-5-15(11-16)20(23)24/h3-8,11-12,14H,9-10,13H2,1-2H3,(H,21,22)(H,23,24). The minimum absolute atomic E-state index is 0.106. The van der Waals surface area contributed by atoms with Crippen LogP contribution in [0.3, 0.4) is 0 Å². The number of hydrogen-bond acceptors (Lipinski definition) is 4. The molecule has 0 spiro atoms. The smallest absolute Gasteiger partial charge is 0.335 e. The number of nitrogens with one attached hydrogen (secondary N) is 1. The van der Waals surface area contributed by atoms with E-state index in [1.165, 1.54) is 12.1 Å². The molecule has 2 aromatic carbocycles. The molecular weight excluding hydrogens is 334 g/mol. The van der Waals surface area contributed by atoms with Gasteiger partial charge in [-0.1, -0.05) is 26.0 Å². The number of rotatable bonds is 9. The number of aromatic carboxylic acids is 1. The zero-order chi connectivity index (χ0) is 18.9. The second-order valence-corrected chi connectivity index (χ2v) is 6.23. The number of anilines is 1. The third kappa shape index (κ3) is 6.47. The number of hydrogen-bond donors (Lipinski definition) is 2. The van der Waals surface area contributed by atoms with Gasteiger partial charge in [-0.25, -0.2) is 4.79 Å². The molecule has 0 saturated carbocycles. The van der Waals surface area contributed by atoms with Gasteiger partial charge >= 0.3 is 5.97 Å². The molecule has 0 radical (unpaired) electrons. The Labute approximate surface area is 152 Å². The van der Waals surface area contributed by atoms with Crippen LogP contribution in [0.5, 0.6) is 11.5 Å². The number of carboxylic acids is 1. The summed E-state index contributed by atoms with van der Waals surface area (Å²) in [5.41, 5.74) is 0.513. The van der Waals surface area contributed by atoms with Crippen LogP contribution in [0.2, 0.25) is 0 Å². The molecule has 0 aliphatic rings. The Morgan fingerprint density at radius 2 is 1.73 bits per heavy atom. The lowest BCUT2D eigenvalue weighted by molar-refractivity contribution is -0.118. The van der Waals surface area contributed by atoms with Gasteiger partial charge in [0.25, 0.3) is 5.91 Å². The maximum Gasteiger partial charge on any atom is 0.335 e. The number of ether oxygens (including phenoxy) is 2. The van der Waals surface area contributed by atoms with Crippen LogP contribution in [0.4, 0.5) is 5.69 Å². The van der Waals surface area contributed by atoms with Gasteiger partial charge in [0, 0.05) is 11.8 Å². The van der Waals surface area contributed by atoms with Crippen LogP contribution in [0.25, 0.3) is 0 Å². The molecule has 0 aromatic heterocycles. The summed E-state index contributed by atoms with van der Waals surface area (Å²) in [6, 6.07) is 13.2. The lowest BCUT2D eigenvalue weighted by Gasteiger charge is -2.11. The van der Waals surface area contributed by atoms with Gasteiger partial charge in [-0.3, -0.25) is 4.79 Å². The van der Waals surface area contributed by atoms with Crippen LogP contribution in [-0.4, -0.2) is 30.2 Å². The summed E-state index contributed by atoms with van der Waals surface area (Å²) in [6.07, 6.45) is 0.961. The van der Waals surface area contributed by atoms with Gasteiger partial charge in [-0.15, -0.1) is 0 Å². The summed E-state index contributed by atoms with van der Waals surface area (Å²) in [5, 5.41) is 11.6. The average molecular weight is 357 g/mol. The monoisotopic (exact) mass is 357 g/mol. The molecule has 0 heterocycles. The van der Waals surface area contributed by atoms with Crippen molar-refractivity contribution in [1.82, 2.24) is 0 Å². The number of amides is 1. The van der Waals surface area contributed by atoms with Gasteiger partial charge in [0.15, 0.2) is 6.61 Å². The summed E-state index contributed by atoms with van der Waals surface area (Å²) in [5.74, 6) is 0.363. The fourth-order valence-electron chi connectivity index (χ4n) is 2.14. The largest absolute Gasteiger partial charge is 0.493 e. The highest BCUT2D eigenvalue weighted by atomic mass is 16.5. The minimum Gasteiger partial charge on any atom is -0.493 e. The fourth-order valence-corrected chi connectivity index (χ4v) is 2.14. The first-order valence-electron chi connectivity index (χ1n) is 8.43. The van der Waals surface area contributed by atoms with Gasteiger partial charge in [-0.05, 0) is 42.7 Å². The SMILES string of the molecule is CC(C)CCOc1cccc(OCC(=O)Nc2cccc(C(=O)O)c2)c1. The Kier molecular flexibility index (Phi) is 7.02. The highest BCUT2D eigenvalue weighted by Gasteiger charge is 2.07. The summed E-state index contributed by atoms with van der Waals surface area (Å²) in [7, 11) is 0. The third-order valence-electron chi connectivity index (χ3n) is 3.53. The summed E-state index contributed by atoms with van der Waals surface area (Å²) < 4.78 is 11.1. The van der Waals surface area contributed by atoms with Crippen molar-refractivity contribution in [3.63, 3.8) is 0 Å². The molecule has 2 aromatic rings. The van der Waals surface area contributed by atoms with Crippen LogP contribution < -0.4 is 14.8 Å². The molecule has 138 valence electrons. The van der Waals surface area contributed by atoms with Crippen LogP contribution in [0.1, 0.15) is 30.6 Å². The molecule has 2 N–H and O–H groups in total. The first-order chi connectivity index (χ1) is 12.4. The zero-order valence-corrected chi connectivity index (χ0v) is 14.9. The lowest BCUT2D eigenvalue weighted by Crippen LogP contribution is -2.20. The Hall–Kier alpha value is -3.02. The van der Waals surface area contributed by atoms with Crippen LogP contribution in [-0.2, 0) is 4.79 Å². The van der Waals surface area contributed by atoms with Gasteiger partial charge in [0.1, 0.15) is 11.5 Å². The molecule has 0 atom stereocenters. The number of carbonyl (C=O) groups excluding carboxylic acids is 1. The van der Waals surface area contributed by atoms with E-state index in [0.717, 1.165) is 6.42 Å². The molecule has 0 fully saturated rings. The molecule has 0 unspecified atom stereocenters. The maximum absolute atomic E-state index is 12.0. The Morgan fingerprint density at radius 3 is 2.42 bits per heavy atom. The quantitative estimate of drug-likeness (QED) is 0.712. The molecule has 0 saturated heterocycles. The summed E-state index contributed by atoms with van der Waals surface area (Å²) >= 11 is 0. The second-order valence-electron chi connectivity index (χ2n) is 6.23. The molecule has 0 aliphatic heterocycles. The van der Waals surface area contributed by atoms with Crippen molar-refractivity contribution >= 4 is 17.6 Å². The van der Waals surface area contributed by atoms with Crippen LogP contribution in [0.15, 0.2) is 48.5 Å². The van der Waals surface area contributed by atoms with Gasteiger partial charge in [0.05, 0.1) is 12.2 Å². The molecule has 1 amide bonds. The van der Waals surface area contributed by atoms with Crippen LogP contribution in [0, 0.1) is 5.92 Å². The topological polar surface area (TPSA) is 84.9 Å². The Balaban J connectivity index is 1.85. The molecule has 0 aliphatic carbocycles. The van der Waals surface area contributed by atoms with Crippen LogP contribution >= 0.6 is 0 Å². The van der Waals surface area contributed by atoms with E-state index in [4.69, 9.17) is 14.6 Å². The molecule has 6 heteroatoms. The normalized spacial score (nSPS) is 10.4. The summed E-state index contributed by atoms with van der Waals surface area (Å²) in [4.78, 5) is 22.9. The molecular formula is C20H23NO5. The predicted octanol–water partition coefficient (Wildman–Crippen LogP) is 3.83. The third-order valence-corrected chi connectivity index (χ3v) is 3.53. The maximum atomic E-state index is 12.0. The number of benzene rings is 2. The summed E-state index contributed by atoms with van der Waals surface area (Å²) in [6.45, 7) is 4.70. The van der Waals surface area contributed by atoms with E-state index < -0.39 is 5.97 Å². The number of carboxylic acid groups (broad SMARTS) is 1. The van der Waals surface area contributed by atoms with E-state index in [1.54, 1.807) is 30.3 Å². The Morgan fingerprint density at radius 1 is 1.04 bits per heavy atom. The fraction of sp³-hybridized carbons (Fsp3) is 0.300. The van der Waals surface area contributed by atoms with E-state index in [0.29, 0.717) is 29.7 Å². The van der Waals surface area contributed by atoms with Crippen molar-refractivity contribution in [2.45, 2.75) is 20.3 Å². The van der Waals surface area contributed by atoms with Crippen molar-refractivity contribution in [2.24, 2.45) is 5.92 Å². The first-order valence-corrected chi connectivity index (χ1v) is 8.43. The van der Waals surface area contributed by atoms with Crippen molar-refractivity contribution in [3.05, 3.63) is 54.1 Å².